The maximum Gasteiger partial charge on any atom is 0.165 e. The number of nitrogens with two attached hydrogens (primary N) is 1. The topological polar surface area (TPSA) is 130 Å². The molecule has 4 heterocycles. The normalized spacial score (nSPS) is 16.8. The van der Waals surface area contributed by atoms with Crippen molar-refractivity contribution in [2.24, 2.45) is 0 Å². The predicted octanol–water partition coefficient (Wildman–Crippen LogP) is 3.12. The first kappa shape index (κ1) is 24.1. The Morgan fingerprint density at radius 1 is 1.06 bits per heavy atom. The number of carbonyl (C=O) groups is 1. The summed E-state index contributed by atoms with van der Waals surface area (Å²) in [6, 6.07) is 13.9. The van der Waals surface area contributed by atoms with Crippen molar-refractivity contribution in [1.29, 1.82) is 0 Å². The molecule has 1 aliphatic rings. The van der Waals surface area contributed by atoms with Gasteiger partial charge >= 0.3 is 0 Å². The highest BCUT2D eigenvalue weighted by Crippen LogP contribution is 2.35. The zero-order chi connectivity index (χ0) is 25.4. The van der Waals surface area contributed by atoms with Crippen LogP contribution in [0.1, 0.15) is 48.7 Å². The zero-order valence-corrected chi connectivity index (χ0v) is 20.4. The van der Waals surface area contributed by atoms with Crippen molar-refractivity contribution in [2.75, 3.05) is 18.8 Å². The number of anilines is 1. The SMILES string of the molecule is CC(=O)c1c(C2CCN(C(O)C(C)O)CC2)nc2c(-c3ccc(-c4ccccc4)nc3)cnn2c1N. The second-order valence-corrected chi connectivity index (χ2v) is 9.37. The second kappa shape index (κ2) is 9.77. The van der Waals surface area contributed by atoms with Crippen LogP contribution < -0.4 is 5.73 Å². The Kier molecular flexibility index (Phi) is 6.53. The van der Waals surface area contributed by atoms with Crippen LogP contribution in [-0.4, -0.2) is 65.9 Å². The standard InChI is InChI=1S/C27H30N6O3/c1-16(34)23-24(19-10-12-32(13-11-19)27(36)17(2)35)31-26-21(15-30-33(26)25(23)28)20-8-9-22(29-14-20)18-6-4-3-5-7-18/h3-9,14-15,17,19,27,35-36H,10-13,28H2,1-2H3. The molecule has 4 aromatic rings. The summed E-state index contributed by atoms with van der Waals surface area (Å²) in [5.74, 6) is 0.110. The molecule has 5 rings (SSSR count). The van der Waals surface area contributed by atoms with E-state index < -0.39 is 12.3 Å². The summed E-state index contributed by atoms with van der Waals surface area (Å²) in [5, 5.41) is 24.4. The molecule has 2 unspecified atom stereocenters. The number of hydrogen-bond acceptors (Lipinski definition) is 8. The molecule has 0 aliphatic carbocycles. The van der Waals surface area contributed by atoms with Crippen molar-refractivity contribution in [3.8, 4) is 22.4 Å². The lowest BCUT2D eigenvalue weighted by Gasteiger charge is -2.36. The molecular formula is C27H30N6O3. The third kappa shape index (κ3) is 4.37. The van der Waals surface area contributed by atoms with E-state index in [2.05, 4.69) is 10.1 Å². The number of carbonyl (C=O) groups excluding carboxylic acids is 1. The Bertz CT molecular complexity index is 1380. The Morgan fingerprint density at radius 3 is 2.39 bits per heavy atom. The van der Waals surface area contributed by atoms with Gasteiger partial charge in [0.25, 0.3) is 0 Å². The zero-order valence-electron chi connectivity index (χ0n) is 20.4. The number of Topliss-reactive ketones (excluding diaryl/α,β-unsaturated/α-hetero) is 1. The van der Waals surface area contributed by atoms with E-state index in [0.29, 0.717) is 42.8 Å². The summed E-state index contributed by atoms with van der Waals surface area (Å²) in [6.45, 7) is 4.23. The number of fused-ring (bicyclic) bond motifs is 1. The van der Waals surface area contributed by atoms with E-state index in [1.165, 1.54) is 11.4 Å². The van der Waals surface area contributed by atoms with Gasteiger partial charge in [-0.2, -0.15) is 9.61 Å². The minimum atomic E-state index is -0.911. The summed E-state index contributed by atoms with van der Waals surface area (Å²) >= 11 is 0. The van der Waals surface area contributed by atoms with E-state index in [9.17, 15) is 15.0 Å². The molecule has 0 saturated carbocycles. The molecule has 1 aromatic carbocycles. The molecular weight excluding hydrogens is 456 g/mol. The Labute approximate surface area is 209 Å². The van der Waals surface area contributed by atoms with E-state index in [-0.39, 0.29) is 17.5 Å². The average molecular weight is 487 g/mol. The van der Waals surface area contributed by atoms with Crippen molar-refractivity contribution in [3.05, 3.63) is 66.1 Å². The van der Waals surface area contributed by atoms with Crippen LogP contribution in [0.5, 0.6) is 0 Å². The number of aliphatic hydroxyl groups is 2. The Morgan fingerprint density at radius 2 is 1.78 bits per heavy atom. The highest BCUT2D eigenvalue weighted by atomic mass is 16.3. The highest BCUT2D eigenvalue weighted by molar-refractivity contribution is 6.00. The fourth-order valence-electron chi connectivity index (χ4n) is 4.97. The number of rotatable bonds is 6. The largest absolute Gasteiger partial charge is 0.389 e. The maximum absolute atomic E-state index is 12.6. The van der Waals surface area contributed by atoms with Crippen LogP contribution in [0.4, 0.5) is 5.82 Å². The molecule has 1 aliphatic heterocycles. The minimum absolute atomic E-state index is 0.00465. The first-order valence-electron chi connectivity index (χ1n) is 12.1. The molecule has 0 bridgehead atoms. The van der Waals surface area contributed by atoms with E-state index in [0.717, 1.165) is 22.4 Å². The van der Waals surface area contributed by atoms with Gasteiger partial charge in [0.05, 0.1) is 29.3 Å². The van der Waals surface area contributed by atoms with Crippen LogP contribution in [0, 0.1) is 0 Å². The monoisotopic (exact) mass is 486 g/mol. The summed E-state index contributed by atoms with van der Waals surface area (Å²) in [4.78, 5) is 24.1. The van der Waals surface area contributed by atoms with Gasteiger partial charge in [-0.05, 0) is 32.8 Å². The third-order valence-corrected chi connectivity index (χ3v) is 6.93. The summed E-state index contributed by atoms with van der Waals surface area (Å²) in [6.07, 6.45) is 3.12. The predicted molar refractivity (Wildman–Crippen MR) is 137 cm³/mol. The number of nitrogens with zero attached hydrogens (tertiary/aromatic N) is 5. The molecule has 0 spiro atoms. The number of aromatic nitrogens is 4. The van der Waals surface area contributed by atoms with E-state index in [1.807, 2.05) is 47.4 Å². The molecule has 36 heavy (non-hydrogen) atoms. The number of hydrogen-bond donors (Lipinski definition) is 3. The number of ketones is 1. The number of likely N-dealkylation sites (tertiary alicyclic amines) is 1. The van der Waals surface area contributed by atoms with Crippen LogP contribution in [0.2, 0.25) is 0 Å². The van der Waals surface area contributed by atoms with Crippen LogP contribution in [0.15, 0.2) is 54.9 Å². The van der Waals surface area contributed by atoms with Gasteiger partial charge in [-0.15, -0.1) is 0 Å². The number of piperidine rings is 1. The fraction of sp³-hybridized carbons (Fsp3) is 0.333. The van der Waals surface area contributed by atoms with Crippen molar-refractivity contribution in [2.45, 2.75) is 44.9 Å². The van der Waals surface area contributed by atoms with Gasteiger partial charge in [0.2, 0.25) is 0 Å². The summed E-state index contributed by atoms with van der Waals surface area (Å²) in [7, 11) is 0. The van der Waals surface area contributed by atoms with Gasteiger partial charge in [-0.3, -0.25) is 14.7 Å². The molecule has 3 aromatic heterocycles. The van der Waals surface area contributed by atoms with E-state index >= 15 is 0 Å². The molecule has 1 saturated heterocycles. The maximum atomic E-state index is 12.6. The Hall–Kier alpha value is -3.66. The number of pyridine rings is 1. The Balaban J connectivity index is 1.51. The molecule has 0 amide bonds. The van der Waals surface area contributed by atoms with Crippen molar-refractivity contribution < 1.29 is 15.0 Å². The fourth-order valence-corrected chi connectivity index (χ4v) is 4.97. The molecule has 1 fully saturated rings. The molecule has 186 valence electrons. The summed E-state index contributed by atoms with van der Waals surface area (Å²) < 4.78 is 1.52. The molecule has 0 radical (unpaired) electrons. The molecule has 2 atom stereocenters. The number of aliphatic hydroxyl groups excluding tert-OH is 2. The van der Waals surface area contributed by atoms with Crippen LogP contribution in [0.3, 0.4) is 0 Å². The van der Waals surface area contributed by atoms with Gasteiger partial charge in [0, 0.05) is 41.9 Å². The van der Waals surface area contributed by atoms with Gasteiger partial charge in [0.15, 0.2) is 11.4 Å². The lowest BCUT2D eigenvalue weighted by atomic mass is 9.89. The van der Waals surface area contributed by atoms with Gasteiger partial charge in [0.1, 0.15) is 12.0 Å². The molecule has 9 heteroatoms. The smallest absolute Gasteiger partial charge is 0.165 e. The number of nitrogen functional groups attached to an aromatic ring is 1. The second-order valence-electron chi connectivity index (χ2n) is 9.37. The van der Waals surface area contributed by atoms with Gasteiger partial charge in [-0.1, -0.05) is 36.4 Å². The lowest BCUT2D eigenvalue weighted by Crippen LogP contribution is -2.46. The van der Waals surface area contributed by atoms with Crippen LogP contribution >= 0.6 is 0 Å². The first-order chi connectivity index (χ1) is 17.3. The van der Waals surface area contributed by atoms with Gasteiger partial charge in [-0.25, -0.2) is 4.98 Å². The molecule has 4 N–H and O–H groups in total. The van der Waals surface area contributed by atoms with E-state index in [1.54, 1.807) is 19.3 Å². The number of benzene rings is 1. The van der Waals surface area contributed by atoms with E-state index in [4.69, 9.17) is 10.7 Å². The quantitative estimate of drug-likeness (QED) is 0.355. The highest BCUT2D eigenvalue weighted by Gasteiger charge is 2.31. The lowest BCUT2D eigenvalue weighted by molar-refractivity contribution is -0.0838. The third-order valence-electron chi connectivity index (χ3n) is 6.93. The van der Waals surface area contributed by atoms with Crippen LogP contribution in [-0.2, 0) is 0 Å². The van der Waals surface area contributed by atoms with Crippen LogP contribution in [0.25, 0.3) is 28.0 Å². The molecule has 9 nitrogen and oxygen atoms in total. The minimum Gasteiger partial charge on any atom is -0.389 e. The first-order valence-corrected chi connectivity index (χ1v) is 12.1. The van der Waals surface area contributed by atoms with Crippen molar-refractivity contribution in [1.82, 2.24) is 24.5 Å². The van der Waals surface area contributed by atoms with Crippen molar-refractivity contribution in [3.63, 3.8) is 0 Å². The average Bonchev–Trinajstić information content (AvgIpc) is 3.33. The van der Waals surface area contributed by atoms with Gasteiger partial charge < -0.3 is 15.9 Å². The summed E-state index contributed by atoms with van der Waals surface area (Å²) in [5.41, 5.74) is 11.6. The van der Waals surface area contributed by atoms with Crippen molar-refractivity contribution >= 4 is 17.2 Å².